The fourth-order valence-electron chi connectivity index (χ4n) is 1.41. The highest BCUT2D eigenvalue weighted by Crippen LogP contribution is 2.30. The van der Waals surface area contributed by atoms with E-state index in [0.29, 0.717) is 0 Å². The minimum Gasteiger partial charge on any atom is -0.497 e. The van der Waals surface area contributed by atoms with Gasteiger partial charge in [0.05, 0.1) is 7.11 Å². The van der Waals surface area contributed by atoms with Gasteiger partial charge < -0.3 is 4.74 Å². The number of rotatable bonds is 2. The molecule has 0 amide bonds. The fourth-order valence-corrected chi connectivity index (χ4v) is 2.17. The first-order chi connectivity index (χ1) is 7.35. The van der Waals surface area contributed by atoms with Gasteiger partial charge in [0.25, 0.3) is 0 Å². The Labute approximate surface area is 93.3 Å². The quantitative estimate of drug-likeness (QED) is 0.696. The van der Waals surface area contributed by atoms with Crippen molar-refractivity contribution in [2.75, 3.05) is 7.11 Å². The van der Waals surface area contributed by atoms with Crippen molar-refractivity contribution in [3.8, 4) is 28.5 Å². The molecule has 0 aliphatic carbocycles. The third kappa shape index (κ3) is 1.88. The average Bonchev–Trinajstić information content (AvgIpc) is 2.81. The van der Waals surface area contributed by atoms with E-state index in [1.54, 1.807) is 18.4 Å². The molecule has 2 aromatic rings. The van der Waals surface area contributed by atoms with Crippen molar-refractivity contribution in [2.45, 2.75) is 0 Å². The minimum atomic E-state index is 0.831. The second kappa shape index (κ2) is 4.20. The van der Waals surface area contributed by atoms with Crippen LogP contribution in [0, 0.1) is 12.3 Å². The lowest BCUT2D eigenvalue weighted by atomic mass is 10.1. The van der Waals surface area contributed by atoms with Gasteiger partial charge in [-0.2, -0.15) is 0 Å². The molecule has 0 aliphatic heterocycles. The monoisotopic (exact) mass is 214 g/mol. The molecule has 0 saturated carbocycles. The van der Waals surface area contributed by atoms with Crippen LogP contribution in [0.3, 0.4) is 0 Å². The molecule has 0 aliphatic rings. The molecule has 0 bridgehead atoms. The Morgan fingerprint density at radius 2 is 2.20 bits per heavy atom. The molecule has 1 nitrogen and oxygen atoms in total. The van der Waals surface area contributed by atoms with Crippen LogP contribution >= 0.6 is 11.3 Å². The topological polar surface area (TPSA) is 9.23 Å². The molecule has 0 atom stereocenters. The van der Waals surface area contributed by atoms with Crippen LogP contribution in [0.1, 0.15) is 5.56 Å². The van der Waals surface area contributed by atoms with E-state index in [9.17, 15) is 0 Å². The molecule has 0 spiro atoms. The lowest BCUT2D eigenvalue weighted by molar-refractivity contribution is 0.415. The summed E-state index contributed by atoms with van der Waals surface area (Å²) < 4.78 is 5.19. The minimum absolute atomic E-state index is 0.831. The van der Waals surface area contributed by atoms with Crippen molar-refractivity contribution in [3.05, 3.63) is 41.3 Å². The third-order valence-electron chi connectivity index (χ3n) is 2.17. The van der Waals surface area contributed by atoms with Crippen LogP contribution < -0.4 is 4.74 Å². The molecule has 1 aromatic carbocycles. The van der Waals surface area contributed by atoms with Gasteiger partial charge >= 0.3 is 0 Å². The predicted molar refractivity (Wildman–Crippen MR) is 64.2 cm³/mol. The summed E-state index contributed by atoms with van der Waals surface area (Å²) in [6.45, 7) is 0. The Morgan fingerprint density at radius 1 is 1.33 bits per heavy atom. The number of methoxy groups -OCH3 is 1. The number of hydrogen-bond acceptors (Lipinski definition) is 2. The van der Waals surface area contributed by atoms with Crippen molar-refractivity contribution >= 4 is 11.3 Å². The number of hydrogen-bond donors (Lipinski definition) is 0. The maximum Gasteiger partial charge on any atom is 0.119 e. The summed E-state index contributed by atoms with van der Waals surface area (Å²) in [5.74, 6) is 3.52. The van der Waals surface area contributed by atoms with Crippen molar-refractivity contribution in [1.29, 1.82) is 0 Å². The predicted octanol–water partition coefficient (Wildman–Crippen LogP) is 3.41. The highest BCUT2D eigenvalue weighted by Gasteiger charge is 2.05. The van der Waals surface area contributed by atoms with Crippen LogP contribution in [0.25, 0.3) is 10.4 Å². The number of ether oxygens (including phenoxy) is 1. The second-order valence-electron chi connectivity index (χ2n) is 3.03. The van der Waals surface area contributed by atoms with Gasteiger partial charge in [0, 0.05) is 16.0 Å². The molecule has 0 radical (unpaired) electrons. The molecule has 74 valence electrons. The molecule has 0 saturated heterocycles. The SMILES string of the molecule is C#Cc1ccc(OC)cc1-c1cccs1. The van der Waals surface area contributed by atoms with Crippen molar-refractivity contribution in [2.24, 2.45) is 0 Å². The summed E-state index contributed by atoms with van der Waals surface area (Å²) in [7, 11) is 1.66. The van der Waals surface area contributed by atoms with E-state index in [-0.39, 0.29) is 0 Å². The third-order valence-corrected chi connectivity index (χ3v) is 3.07. The second-order valence-corrected chi connectivity index (χ2v) is 3.98. The summed E-state index contributed by atoms with van der Waals surface area (Å²) in [6.07, 6.45) is 5.46. The smallest absolute Gasteiger partial charge is 0.119 e. The first kappa shape index (κ1) is 9.82. The molecule has 15 heavy (non-hydrogen) atoms. The van der Waals surface area contributed by atoms with Crippen LogP contribution in [0.2, 0.25) is 0 Å². The fraction of sp³-hybridized carbons (Fsp3) is 0.0769. The Kier molecular flexibility index (Phi) is 2.75. The molecular formula is C13H10OS. The summed E-state index contributed by atoms with van der Waals surface area (Å²) in [5.41, 5.74) is 1.96. The lowest BCUT2D eigenvalue weighted by Crippen LogP contribution is -1.86. The van der Waals surface area contributed by atoms with Gasteiger partial charge in [0.2, 0.25) is 0 Å². The van der Waals surface area contributed by atoms with Crippen LogP contribution in [-0.4, -0.2) is 7.11 Å². The number of terminal acetylenes is 1. The maximum atomic E-state index is 5.46. The van der Waals surface area contributed by atoms with Gasteiger partial charge in [-0.15, -0.1) is 17.8 Å². The Morgan fingerprint density at radius 3 is 2.80 bits per heavy atom. The highest BCUT2D eigenvalue weighted by atomic mass is 32.1. The first-order valence-electron chi connectivity index (χ1n) is 4.53. The van der Waals surface area contributed by atoms with Crippen molar-refractivity contribution in [3.63, 3.8) is 0 Å². The van der Waals surface area contributed by atoms with Crippen LogP contribution in [-0.2, 0) is 0 Å². The molecule has 0 fully saturated rings. The lowest BCUT2D eigenvalue weighted by Gasteiger charge is -2.05. The maximum absolute atomic E-state index is 5.46. The molecule has 0 unspecified atom stereocenters. The summed E-state index contributed by atoms with van der Waals surface area (Å²) in [5, 5.41) is 2.04. The number of benzene rings is 1. The molecule has 1 heterocycles. The van der Waals surface area contributed by atoms with Gasteiger partial charge in [0.15, 0.2) is 0 Å². The van der Waals surface area contributed by atoms with Gasteiger partial charge in [-0.05, 0) is 29.6 Å². The largest absolute Gasteiger partial charge is 0.497 e. The van der Waals surface area contributed by atoms with Gasteiger partial charge in [-0.1, -0.05) is 12.0 Å². The molecule has 0 N–H and O–H groups in total. The summed E-state index contributed by atoms with van der Waals surface area (Å²) in [6, 6.07) is 9.83. The van der Waals surface area contributed by atoms with Gasteiger partial charge in [0.1, 0.15) is 5.75 Å². The van der Waals surface area contributed by atoms with E-state index in [2.05, 4.69) is 12.0 Å². The zero-order valence-corrected chi connectivity index (χ0v) is 9.17. The first-order valence-corrected chi connectivity index (χ1v) is 5.41. The van der Waals surface area contributed by atoms with Crippen molar-refractivity contribution < 1.29 is 4.74 Å². The standard InChI is InChI=1S/C13H10OS/c1-3-10-6-7-11(14-2)9-12(10)13-5-4-8-15-13/h1,4-9H,2H3. The van der Waals surface area contributed by atoms with Crippen LogP contribution in [0.15, 0.2) is 35.7 Å². The molecule has 2 rings (SSSR count). The highest BCUT2D eigenvalue weighted by molar-refractivity contribution is 7.13. The van der Waals surface area contributed by atoms with Crippen LogP contribution in [0.5, 0.6) is 5.75 Å². The average molecular weight is 214 g/mol. The van der Waals surface area contributed by atoms with E-state index < -0.39 is 0 Å². The zero-order valence-electron chi connectivity index (χ0n) is 8.36. The van der Waals surface area contributed by atoms with Gasteiger partial charge in [-0.3, -0.25) is 0 Å². The Balaban J connectivity index is 2.58. The molecule has 1 aromatic heterocycles. The normalized spacial score (nSPS) is 9.60. The van der Waals surface area contributed by atoms with E-state index >= 15 is 0 Å². The van der Waals surface area contributed by atoms with Crippen LogP contribution in [0.4, 0.5) is 0 Å². The molecule has 2 heteroatoms. The summed E-state index contributed by atoms with van der Waals surface area (Å²) >= 11 is 1.67. The summed E-state index contributed by atoms with van der Waals surface area (Å²) in [4.78, 5) is 1.17. The van der Waals surface area contributed by atoms with Crippen molar-refractivity contribution in [1.82, 2.24) is 0 Å². The van der Waals surface area contributed by atoms with E-state index in [1.807, 2.05) is 29.6 Å². The Hall–Kier alpha value is -1.72. The zero-order chi connectivity index (χ0) is 10.7. The van der Waals surface area contributed by atoms with Gasteiger partial charge in [-0.25, -0.2) is 0 Å². The van der Waals surface area contributed by atoms with E-state index in [1.165, 1.54) is 4.88 Å². The Bertz CT molecular complexity index is 492. The van der Waals surface area contributed by atoms with E-state index in [0.717, 1.165) is 16.9 Å². The number of thiophene rings is 1. The molecular weight excluding hydrogens is 204 g/mol. The van der Waals surface area contributed by atoms with E-state index in [4.69, 9.17) is 11.2 Å².